The number of benzene rings is 1. The van der Waals surface area contributed by atoms with Crippen LogP contribution in [0.3, 0.4) is 0 Å². The van der Waals surface area contributed by atoms with Crippen molar-refractivity contribution in [2.24, 2.45) is 0 Å². The van der Waals surface area contributed by atoms with Crippen LogP contribution in [0.25, 0.3) is 11.6 Å². The Labute approximate surface area is 180 Å². The van der Waals surface area contributed by atoms with Gasteiger partial charge in [0.05, 0.1) is 5.25 Å². The normalized spacial score (nSPS) is 16.0. The molecule has 1 aliphatic rings. The number of aromatic nitrogens is 5. The van der Waals surface area contributed by atoms with Crippen molar-refractivity contribution in [1.29, 1.82) is 0 Å². The van der Waals surface area contributed by atoms with Crippen molar-refractivity contribution >= 4 is 27.6 Å². The quantitative estimate of drug-likeness (QED) is 0.578. The monoisotopic (exact) mass is 444 g/mol. The molecule has 1 fully saturated rings. The second-order valence-corrected chi connectivity index (χ2v) is 10.0. The highest BCUT2D eigenvalue weighted by molar-refractivity contribution is 7.89. The second kappa shape index (κ2) is 8.55. The Kier molecular flexibility index (Phi) is 5.83. The maximum Gasteiger partial charge on any atom is 0.240 e. The minimum absolute atomic E-state index is 0.0269. The van der Waals surface area contributed by atoms with Gasteiger partial charge < -0.3 is 15.6 Å². The number of anilines is 3. The van der Waals surface area contributed by atoms with Gasteiger partial charge in [-0.3, -0.25) is 0 Å². The molecule has 0 radical (unpaired) electrons. The van der Waals surface area contributed by atoms with Gasteiger partial charge in [-0.15, -0.1) is 0 Å². The van der Waals surface area contributed by atoms with Crippen molar-refractivity contribution in [3.8, 4) is 11.6 Å². The fourth-order valence-corrected chi connectivity index (χ4v) is 4.66. The van der Waals surface area contributed by atoms with Crippen molar-refractivity contribution in [2.45, 2.75) is 37.9 Å². The summed E-state index contributed by atoms with van der Waals surface area (Å²) in [6.45, 7) is 4.22. The van der Waals surface area contributed by atoms with E-state index >= 15 is 0 Å². The van der Waals surface area contributed by atoms with Crippen LogP contribution in [-0.2, 0) is 10.0 Å². The van der Waals surface area contributed by atoms with E-state index in [0.29, 0.717) is 31.8 Å². The molecule has 3 aromatic rings. The van der Waals surface area contributed by atoms with Gasteiger partial charge in [0.25, 0.3) is 0 Å². The molecule has 0 amide bonds. The van der Waals surface area contributed by atoms with Crippen LogP contribution in [0, 0.1) is 0 Å². The van der Waals surface area contributed by atoms with E-state index in [1.54, 1.807) is 13.8 Å². The predicted molar refractivity (Wildman–Crippen MR) is 115 cm³/mol. The third-order valence-electron chi connectivity index (χ3n) is 5.08. The van der Waals surface area contributed by atoms with Crippen LogP contribution in [0.5, 0.6) is 0 Å². The minimum atomic E-state index is -3.26. The van der Waals surface area contributed by atoms with E-state index in [1.807, 2.05) is 30.3 Å². The van der Waals surface area contributed by atoms with Gasteiger partial charge >= 0.3 is 0 Å². The van der Waals surface area contributed by atoms with Gasteiger partial charge in [0.1, 0.15) is 0 Å². The van der Waals surface area contributed by atoms with Gasteiger partial charge in [-0.1, -0.05) is 23.4 Å². The van der Waals surface area contributed by atoms with Crippen LogP contribution in [0.4, 0.5) is 17.6 Å². The lowest BCUT2D eigenvalue weighted by Crippen LogP contribution is -2.41. The maximum atomic E-state index is 12.3. The van der Waals surface area contributed by atoms with Crippen LogP contribution in [0.2, 0.25) is 0 Å². The van der Waals surface area contributed by atoms with Gasteiger partial charge in [-0.05, 0) is 38.8 Å². The molecule has 0 bridgehead atoms. The van der Waals surface area contributed by atoms with Crippen molar-refractivity contribution in [2.75, 3.05) is 24.1 Å². The highest BCUT2D eigenvalue weighted by Crippen LogP contribution is 2.30. The molecule has 3 N–H and O–H groups in total. The van der Waals surface area contributed by atoms with E-state index in [0.717, 1.165) is 5.69 Å². The van der Waals surface area contributed by atoms with E-state index in [-0.39, 0.29) is 29.5 Å². The molecule has 0 atom stereocenters. The fourth-order valence-electron chi connectivity index (χ4n) is 3.35. The summed E-state index contributed by atoms with van der Waals surface area (Å²) >= 11 is 0. The smallest absolute Gasteiger partial charge is 0.240 e. The summed E-state index contributed by atoms with van der Waals surface area (Å²) in [5.41, 5.74) is 6.63. The molecule has 0 spiro atoms. The molecular formula is C19H24N8O3S. The largest absolute Gasteiger partial charge is 0.368 e. The average Bonchev–Trinajstić information content (AvgIpc) is 3.24. The Hall–Kier alpha value is -3.12. The van der Waals surface area contributed by atoms with E-state index in [1.165, 1.54) is 4.31 Å². The predicted octanol–water partition coefficient (Wildman–Crippen LogP) is 2.17. The number of nitrogens with zero attached hydrogens (tertiary/aromatic N) is 6. The van der Waals surface area contributed by atoms with E-state index < -0.39 is 15.3 Å². The molecule has 4 rings (SSSR count). The standard InChI is InChI=1S/C19H24N8O3S/c1-12(2)31(28,29)27-10-8-13(9-11-27)17-22-16(26-30-17)15-23-18(20)25-19(24-15)21-14-6-4-3-5-7-14/h3-7,12-13H,8-11H2,1-2H3,(H3,20,21,23,24,25). The Bertz CT molecular complexity index is 1140. The number of piperidine rings is 1. The molecule has 0 saturated carbocycles. The van der Waals surface area contributed by atoms with Crippen LogP contribution >= 0.6 is 0 Å². The third-order valence-corrected chi connectivity index (χ3v) is 7.36. The molecule has 1 aromatic carbocycles. The first-order chi connectivity index (χ1) is 14.8. The fraction of sp³-hybridized carbons (Fsp3) is 0.421. The molecule has 11 nitrogen and oxygen atoms in total. The van der Waals surface area contributed by atoms with Crippen LogP contribution in [-0.4, -0.2) is 56.2 Å². The first kappa shape index (κ1) is 21.1. The number of nitrogens with two attached hydrogens (primary N) is 1. The molecule has 1 aliphatic heterocycles. The van der Waals surface area contributed by atoms with Gasteiger partial charge in [-0.2, -0.15) is 19.9 Å². The van der Waals surface area contributed by atoms with Crippen molar-refractivity contribution < 1.29 is 12.9 Å². The number of sulfonamides is 1. The SMILES string of the molecule is CC(C)S(=O)(=O)N1CCC(c2nc(-c3nc(N)nc(Nc4ccccc4)n3)no2)CC1. The highest BCUT2D eigenvalue weighted by Gasteiger charge is 2.33. The van der Waals surface area contributed by atoms with Crippen LogP contribution in [0.15, 0.2) is 34.9 Å². The Morgan fingerprint density at radius 1 is 1.06 bits per heavy atom. The number of hydrogen-bond donors (Lipinski definition) is 2. The van der Waals surface area contributed by atoms with Gasteiger partial charge in [-0.25, -0.2) is 12.7 Å². The van der Waals surface area contributed by atoms with Crippen molar-refractivity contribution in [3.63, 3.8) is 0 Å². The van der Waals surface area contributed by atoms with Crippen molar-refractivity contribution in [3.05, 3.63) is 36.2 Å². The molecule has 3 heterocycles. The van der Waals surface area contributed by atoms with E-state index in [9.17, 15) is 8.42 Å². The maximum absolute atomic E-state index is 12.3. The summed E-state index contributed by atoms with van der Waals surface area (Å²) < 4.78 is 31.7. The van der Waals surface area contributed by atoms with E-state index in [4.69, 9.17) is 10.3 Å². The molecule has 12 heteroatoms. The van der Waals surface area contributed by atoms with Gasteiger partial charge in [0, 0.05) is 24.7 Å². The summed E-state index contributed by atoms with van der Waals surface area (Å²) in [5.74, 6) is 1.11. The third kappa shape index (κ3) is 4.64. The average molecular weight is 445 g/mol. The topological polar surface area (TPSA) is 153 Å². The molecule has 31 heavy (non-hydrogen) atoms. The number of nitrogen functional groups attached to an aromatic ring is 1. The molecule has 1 saturated heterocycles. The number of rotatable bonds is 6. The zero-order chi connectivity index (χ0) is 22.0. The van der Waals surface area contributed by atoms with Crippen LogP contribution in [0.1, 0.15) is 38.5 Å². The molecule has 0 aliphatic carbocycles. The second-order valence-electron chi connectivity index (χ2n) is 7.56. The molecule has 0 unspecified atom stereocenters. The van der Waals surface area contributed by atoms with Crippen molar-refractivity contribution in [1.82, 2.24) is 29.4 Å². The summed E-state index contributed by atoms with van der Waals surface area (Å²) in [4.78, 5) is 17.0. The molecular weight excluding hydrogens is 420 g/mol. The summed E-state index contributed by atoms with van der Waals surface area (Å²) in [6, 6.07) is 9.42. The lowest BCUT2D eigenvalue weighted by atomic mass is 9.98. The number of para-hydroxylation sites is 1. The van der Waals surface area contributed by atoms with Gasteiger partial charge in [0.15, 0.2) is 0 Å². The van der Waals surface area contributed by atoms with Crippen LogP contribution < -0.4 is 11.1 Å². The highest BCUT2D eigenvalue weighted by atomic mass is 32.2. The Morgan fingerprint density at radius 3 is 2.45 bits per heavy atom. The lowest BCUT2D eigenvalue weighted by Gasteiger charge is -2.30. The summed E-state index contributed by atoms with van der Waals surface area (Å²) in [5, 5.41) is 6.62. The summed E-state index contributed by atoms with van der Waals surface area (Å²) in [6.07, 6.45) is 1.21. The lowest BCUT2D eigenvalue weighted by molar-refractivity contribution is 0.269. The zero-order valence-electron chi connectivity index (χ0n) is 17.3. The summed E-state index contributed by atoms with van der Waals surface area (Å²) in [7, 11) is -3.26. The number of nitrogens with one attached hydrogen (secondary N) is 1. The molecule has 164 valence electrons. The number of hydrogen-bond acceptors (Lipinski definition) is 10. The Balaban J connectivity index is 1.48. The zero-order valence-corrected chi connectivity index (χ0v) is 18.1. The molecule has 2 aromatic heterocycles. The Morgan fingerprint density at radius 2 is 1.77 bits per heavy atom. The first-order valence-electron chi connectivity index (χ1n) is 9.99. The minimum Gasteiger partial charge on any atom is -0.368 e. The van der Waals surface area contributed by atoms with E-state index in [2.05, 4.69) is 30.4 Å². The van der Waals surface area contributed by atoms with Gasteiger partial charge in [0.2, 0.25) is 39.5 Å². The first-order valence-corrected chi connectivity index (χ1v) is 11.5.